The number of allylic oxidation sites excluding steroid dienone is 3. The number of carbonyl (C=O) groups is 1. The maximum absolute atomic E-state index is 13.2. The van der Waals surface area contributed by atoms with Gasteiger partial charge in [-0.3, -0.25) is 4.79 Å². The Morgan fingerprint density at radius 2 is 1.70 bits per heavy atom. The van der Waals surface area contributed by atoms with Crippen LogP contribution in [0.4, 0.5) is 24.5 Å². The topological polar surface area (TPSA) is 36.0 Å². The van der Waals surface area contributed by atoms with Crippen LogP contribution in [-0.4, -0.2) is 50.6 Å². The SMILES string of the molecule is COc1ccccc1N1CCN(C(=O)C2=CC=C(C)N(c3cccc(C(F)(F)F)c3)C2)CC1. The molecule has 2 aliphatic rings. The third-order valence-corrected chi connectivity index (χ3v) is 6.03. The fourth-order valence-electron chi connectivity index (χ4n) is 4.19. The number of para-hydroxylation sites is 2. The Morgan fingerprint density at radius 3 is 2.39 bits per heavy atom. The summed E-state index contributed by atoms with van der Waals surface area (Å²) < 4.78 is 44.9. The summed E-state index contributed by atoms with van der Waals surface area (Å²) in [6.45, 7) is 4.51. The number of methoxy groups -OCH3 is 1. The van der Waals surface area contributed by atoms with E-state index in [0.717, 1.165) is 29.3 Å². The van der Waals surface area contributed by atoms with Gasteiger partial charge in [-0.1, -0.05) is 18.2 Å². The Kier molecular flexibility index (Phi) is 6.35. The predicted octanol–water partition coefficient (Wildman–Crippen LogP) is 4.71. The number of nitrogens with zero attached hydrogens (tertiary/aromatic N) is 3. The van der Waals surface area contributed by atoms with Crippen LogP contribution in [0.25, 0.3) is 0 Å². The molecule has 0 N–H and O–H groups in total. The Labute approximate surface area is 191 Å². The number of halogens is 3. The van der Waals surface area contributed by atoms with Crippen LogP contribution in [0.1, 0.15) is 12.5 Å². The van der Waals surface area contributed by atoms with Crippen LogP contribution in [0.5, 0.6) is 5.75 Å². The molecule has 0 aromatic heterocycles. The highest BCUT2D eigenvalue weighted by Crippen LogP contribution is 2.34. The van der Waals surface area contributed by atoms with Crippen molar-refractivity contribution in [3.63, 3.8) is 0 Å². The smallest absolute Gasteiger partial charge is 0.416 e. The second kappa shape index (κ2) is 9.21. The van der Waals surface area contributed by atoms with Gasteiger partial charge in [0.2, 0.25) is 0 Å². The van der Waals surface area contributed by atoms with Crippen LogP contribution < -0.4 is 14.5 Å². The minimum Gasteiger partial charge on any atom is -0.495 e. The summed E-state index contributed by atoms with van der Waals surface area (Å²) >= 11 is 0. The number of ether oxygens (including phenoxy) is 1. The van der Waals surface area contributed by atoms with Gasteiger partial charge in [-0.15, -0.1) is 0 Å². The predicted molar refractivity (Wildman–Crippen MR) is 122 cm³/mol. The van der Waals surface area contributed by atoms with Crippen LogP contribution in [0, 0.1) is 0 Å². The van der Waals surface area contributed by atoms with Crippen LogP contribution >= 0.6 is 0 Å². The van der Waals surface area contributed by atoms with Crippen molar-refractivity contribution in [2.24, 2.45) is 0 Å². The van der Waals surface area contributed by atoms with Gasteiger partial charge in [0.05, 0.1) is 24.9 Å². The van der Waals surface area contributed by atoms with E-state index >= 15 is 0 Å². The molecule has 0 atom stereocenters. The summed E-state index contributed by atoms with van der Waals surface area (Å²) in [5, 5.41) is 0. The van der Waals surface area contributed by atoms with E-state index in [1.807, 2.05) is 31.2 Å². The van der Waals surface area contributed by atoms with E-state index in [4.69, 9.17) is 4.74 Å². The number of carbonyl (C=O) groups excluding carboxylic acids is 1. The molecular formula is C25H26F3N3O2. The molecule has 1 amide bonds. The molecule has 2 aromatic rings. The fourth-order valence-corrected chi connectivity index (χ4v) is 4.19. The molecule has 4 rings (SSSR count). The van der Waals surface area contributed by atoms with E-state index in [0.29, 0.717) is 37.4 Å². The molecule has 1 saturated heterocycles. The highest BCUT2D eigenvalue weighted by Gasteiger charge is 2.32. The lowest BCUT2D eigenvalue weighted by molar-refractivity contribution is -0.137. The molecule has 0 unspecified atom stereocenters. The van der Waals surface area contributed by atoms with Gasteiger partial charge in [-0.2, -0.15) is 13.2 Å². The first-order valence-corrected chi connectivity index (χ1v) is 10.8. The lowest BCUT2D eigenvalue weighted by Gasteiger charge is -2.38. The van der Waals surface area contributed by atoms with E-state index in [-0.39, 0.29) is 12.5 Å². The molecule has 2 aliphatic heterocycles. The molecule has 33 heavy (non-hydrogen) atoms. The van der Waals surface area contributed by atoms with Crippen molar-refractivity contribution in [2.75, 3.05) is 49.6 Å². The van der Waals surface area contributed by atoms with E-state index in [9.17, 15) is 18.0 Å². The second-order valence-corrected chi connectivity index (χ2v) is 8.09. The molecule has 1 fully saturated rings. The van der Waals surface area contributed by atoms with E-state index in [2.05, 4.69) is 4.90 Å². The minimum absolute atomic E-state index is 0.0876. The van der Waals surface area contributed by atoms with Gasteiger partial charge in [0, 0.05) is 43.1 Å². The molecule has 174 valence electrons. The average Bonchev–Trinajstić information content (AvgIpc) is 2.83. The lowest BCUT2D eigenvalue weighted by Crippen LogP contribution is -2.50. The highest BCUT2D eigenvalue weighted by atomic mass is 19.4. The maximum Gasteiger partial charge on any atom is 0.416 e. The zero-order valence-electron chi connectivity index (χ0n) is 18.6. The molecule has 0 saturated carbocycles. The standard InChI is InChI=1S/C25H26F3N3O2/c1-18-10-11-19(17-31(18)21-7-5-6-20(16-21)25(26,27)28)24(32)30-14-12-29(13-15-30)22-8-3-4-9-23(22)33-2/h3-11,16H,12-15,17H2,1-2H3. The van der Waals surface area contributed by atoms with Crippen LogP contribution in [0.2, 0.25) is 0 Å². The minimum atomic E-state index is -4.42. The number of benzene rings is 2. The molecule has 8 heteroatoms. The maximum atomic E-state index is 13.2. The number of amides is 1. The quantitative estimate of drug-likeness (QED) is 0.666. The summed E-state index contributed by atoms with van der Waals surface area (Å²) in [6, 6.07) is 13.0. The number of piperazine rings is 1. The van der Waals surface area contributed by atoms with Crippen molar-refractivity contribution in [3.05, 3.63) is 77.5 Å². The number of hydrogen-bond acceptors (Lipinski definition) is 4. The van der Waals surface area contributed by atoms with E-state index in [1.54, 1.807) is 35.1 Å². The van der Waals surface area contributed by atoms with Crippen molar-refractivity contribution in [3.8, 4) is 5.75 Å². The third-order valence-electron chi connectivity index (χ3n) is 6.03. The van der Waals surface area contributed by atoms with Crippen molar-refractivity contribution in [1.82, 2.24) is 4.90 Å². The van der Waals surface area contributed by atoms with Crippen LogP contribution in [-0.2, 0) is 11.0 Å². The van der Waals surface area contributed by atoms with Gasteiger partial charge >= 0.3 is 6.18 Å². The molecule has 0 radical (unpaired) electrons. The molecule has 2 heterocycles. The lowest BCUT2D eigenvalue weighted by atomic mass is 10.1. The first-order chi connectivity index (χ1) is 15.8. The fraction of sp³-hybridized carbons (Fsp3) is 0.320. The Hall–Kier alpha value is -3.42. The summed E-state index contributed by atoms with van der Waals surface area (Å²) in [4.78, 5) is 18.9. The summed E-state index contributed by atoms with van der Waals surface area (Å²) in [5.41, 5.74) is 2.05. The number of anilines is 2. The van der Waals surface area contributed by atoms with Gasteiger partial charge in [-0.05, 0) is 49.4 Å². The number of rotatable bonds is 4. The Balaban J connectivity index is 1.44. The highest BCUT2D eigenvalue weighted by molar-refractivity contribution is 5.95. The molecule has 5 nitrogen and oxygen atoms in total. The number of alkyl halides is 3. The monoisotopic (exact) mass is 457 g/mol. The van der Waals surface area contributed by atoms with Gasteiger partial charge < -0.3 is 19.4 Å². The van der Waals surface area contributed by atoms with E-state index in [1.165, 1.54) is 6.07 Å². The Bertz CT molecular complexity index is 1090. The summed E-state index contributed by atoms with van der Waals surface area (Å²) in [5.74, 6) is 0.708. The van der Waals surface area contributed by atoms with Crippen LogP contribution in [0.3, 0.4) is 0 Å². The van der Waals surface area contributed by atoms with Gasteiger partial charge in [0.25, 0.3) is 5.91 Å². The van der Waals surface area contributed by atoms with Gasteiger partial charge in [0.1, 0.15) is 5.75 Å². The molecule has 2 aromatic carbocycles. The first-order valence-electron chi connectivity index (χ1n) is 10.8. The molecular weight excluding hydrogens is 431 g/mol. The molecule has 0 aliphatic carbocycles. The van der Waals surface area contributed by atoms with Crippen molar-refractivity contribution < 1.29 is 22.7 Å². The van der Waals surface area contributed by atoms with Crippen molar-refractivity contribution >= 4 is 17.3 Å². The average molecular weight is 457 g/mol. The third kappa shape index (κ3) is 4.84. The second-order valence-electron chi connectivity index (χ2n) is 8.09. The summed E-state index contributed by atoms with van der Waals surface area (Å²) in [7, 11) is 1.64. The van der Waals surface area contributed by atoms with Gasteiger partial charge in [0.15, 0.2) is 0 Å². The zero-order valence-corrected chi connectivity index (χ0v) is 18.6. The Morgan fingerprint density at radius 1 is 0.970 bits per heavy atom. The number of hydrogen-bond donors (Lipinski definition) is 0. The molecule has 0 bridgehead atoms. The van der Waals surface area contributed by atoms with Crippen molar-refractivity contribution in [1.29, 1.82) is 0 Å². The zero-order chi connectivity index (χ0) is 23.6. The van der Waals surface area contributed by atoms with Crippen LogP contribution in [0.15, 0.2) is 72.0 Å². The van der Waals surface area contributed by atoms with E-state index < -0.39 is 11.7 Å². The summed E-state index contributed by atoms with van der Waals surface area (Å²) in [6.07, 6.45) is -0.866. The first kappa shape index (κ1) is 22.8. The van der Waals surface area contributed by atoms with Crippen molar-refractivity contribution in [2.45, 2.75) is 13.1 Å². The largest absolute Gasteiger partial charge is 0.495 e. The normalized spacial score (nSPS) is 16.9. The van der Waals surface area contributed by atoms with Gasteiger partial charge in [-0.25, -0.2) is 0 Å². The molecule has 0 spiro atoms.